The van der Waals surface area contributed by atoms with Gasteiger partial charge in [-0.2, -0.15) is 5.26 Å². The zero-order valence-corrected chi connectivity index (χ0v) is 28.0. The lowest BCUT2D eigenvalue weighted by Gasteiger charge is -2.13. The van der Waals surface area contributed by atoms with Gasteiger partial charge in [0.25, 0.3) is 0 Å². The molecule has 7 aromatic carbocycles. The van der Waals surface area contributed by atoms with Gasteiger partial charge in [0.1, 0.15) is 11.6 Å². The Bertz CT molecular complexity index is 2990. The lowest BCUT2D eigenvalue weighted by atomic mass is 9.99. The van der Waals surface area contributed by atoms with E-state index in [2.05, 4.69) is 130 Å². The van der Waals surface area contributed by atoms with E-state index < -0.39 is 0 Å². The third-order valence-corrected chi connectivity index (χ3v) is 9.96. The van der Waals surface area contributed by atoms with Gasteiger partial charge in [0.05, 0.1) is 33.5 Å². The molecule has 0 unspecified atom stereocenters. The Balaban J connectivity index is 1.33. The van der Waals surface area contributed by atoms with Crippen molar-refractivity contribution in [2.45, 2.75) is 0 Å². The van der Waals surface area contributed by atoms with Crippen molar-refractivity contribution in [2.24, 2.45) is 0 Å². The summed E-state index contributed by atoms with van der Waals surface area (Å²) in [6.45, 7) is 0. The van der Waals surface area contributed by atoms with Gasteiger partial charge < -0.3 is 9.13 Å². The van der Waals surface area contributed by atoms with Crippen LogP contribution in [0, 0.1) is 11.3 Å². The molecule has 10 rings (SSSR count). The summed E-state index contributed by atoms with van der Waals surface area (Å²) in [5.74, 6) is 0.578. The predicted octanol–water partition coefficient (Wildman–Crippen LogP) is 11.5. The van der Waals surface area contributed by atoms with Gasteiger partial charge in [0.15, 0.2) is 5.82 Å². The van der Waals surface area contributed by atoms with Crippen molar-refractivity contribution >= 4 is 43.6 Å². The first-order valence-corrected chi connectivity index (χ1v) is 17.3. The monoisotopic (exact) mass is 663 g/mol. The average Bonchev–Trinajstić information content (AvgIpc) is 3.74. The Hall–Kier alpha value is -7.29. The largest absolute Gasteiger partial charge is 0.307 e. The Labute approximate surface area is 299 Å². The number of para-hydroxylation sites is 3. The van der Waals surface area contributed by atoms with Crippen LogP contribution >= 0.6 is 0 Å². The highest BCUT2D eigenvalue weighted by atomic mass is 15.0. The Morgan fingerprint density at radius 2 is 0.885 bits per heavy atom. The number of aromatic nitrogens is 4. The molecule has 242 valence electrons. The first-order valence-electron chi connectivity index (χ1n) is 17.3. The summed E-state index contributed by atoms with van der Waals surface area (Å²) >= 11 is 0. The highest BCUT2D eigenvalue weighted by Crippen LogP contribution is 2.43. The molecule has 52 heavy (non-hydrogen) atoms. The van der Waals surface area contributed by atoms with Gasteiger partial charge in [-0.1, -0.05) is 133 Å². The number of nitriles is 1. The smallest absolute Gasteiger partial charge is 0.160 e. The fraction of sp³-hybridized carbons (Fsp3) is 0. The molecule has 0 saturated heterocycles. The standard InChI is InChI=1S/C47H29N5/c48-30-40-43(31-15-5-1-6-16-31)49-47(32-17-7-2-8-18-32)50-44(40)33-25-28-42-39(29-33)38-27-26-37-36-23-13-14-24-41(36)51(34-19-9-3-10-20-34)45(37)46(38)52(42)35-21-11-4-12-22-35/h1-29H. The number of hydrogen-bond donors (Lipinski definition) is 0. The van der Waals surface area contributed by atoms with Crippen molar-refractivity contribution in [3.8, 4) is 51.3 Å². The van der Waals surface area contributed by atoms with Crippen LogP contribution in [-0.4, -0.2) is 19.1 Å². The van der Waals surface area contributed by atoms with Gasteiger partial charge >= 0.3 is 0 Å². The Kier molecular flexibility index (Phi) is 6.80. The van der Waals surface area contributed by atoms with E-state index in [0.717, 1.165) is 60.9 Å². The highest BCUT2D eigenvalue weighted by Gasteiger charge is 2.23. The first-order chi connectivity index (χ1) is 25.8. The van der Waals surface area contributed by atoms with Crippen LogP contribution in [0.1, 0.15) is 5.56 Å². The SMILES string of the molecule is N#Cc1c(-c2ccccc2)nc(-c2ccccc2)nc1-c1ccc2c(c1)c1ccc3c4ccccc4n(-c4ccccc4)c3c1n2-c1ccccc1. The quantitative estimate of drug-likeness (QED) is 0.184. The Morgan fingerprint density at radius 3 is 1.48 bits per heavy atom. The van der Waals surface area contributed by atoms with E-state index >= 15 is 0 Å². The summed E-state index contributed by atoms with van der Waals surface area (Å²) in [6.07, 6.45) is 0. The first kappa shape index (κ1) is 29.6. The van der Waals surface area contributed by atoms with Crippen LogP contribution in [0.25, 0.3) is 88.9 Å². The second kappa shape index (κ2) is 11.9. The zero-order chi connectivity index (χ0) is 34.6. The molecular formula is C47H29N5. The molecule has 0 N–H and O–H groups in total. The Morgan fingerprint density at radius 1 is 0.404 bits per heavy atom. The number of benzene rings is 7. The minimum atomic E-state index is 0.448. The molecule has 3 aromatic heterocycles. The molecule has 0 saturated carbocycles. The molecular weight excluding hydrogens is 635 g/mol. The van der Waals surface area contributed by atoms with Gasteiger partial charge in [-0.25, -0.2) is 9.97 Å². The molecule has 0 radical (unpaired) electrons. The molecule has 0 amide bonds. The summed E-state index contributed by atoms with van der Waals surface area (Å²) in [6, 6.07) is 63.1. The molecule has 3 heterocycles. The molecule has 0 fully saturated rings. The molecule has 5 heteroatoms. The number of rotatable bonds is 5. The number of nitrogens with zero attached hydrogens (tertiary/aromatic N) is 5. The molecule has 0 aliphatic rings. The van der Waals surface area contributed by atoms with E-state index in [-0.39, 0.29) is 0 Å². The van der Waals surface area contributed by atoms with E-state index in [0.29, 0.717) is 22.8 Å². The van der Waals surface area contributed by atoms with E-state index in [1.54, 1.807) is 0 Å². The second-order valence-electron chi connectivity index (χ2n) is 12.9. The normalized spacial score (nSPS) is 11.4. The maximum absolute atomic E-state index is 10.7. The van der Waals surface area contributed by atoms with Gasteiger partial charge in [0.2, 0.25) is 0 Å². The minimum absolute atomic E-state index is 0.448. The van der Waals surface area contributed by atoms with E-state index in [1.807, 2.05) is 60.7 Å². The van der Waals surface area contributed by atoms with Gasteiger partial charge in [-0.05, 0) is 42.5 Å². The van der Waals surface area contributed by atoms with Crippen molar-refractivity contribution in [3.05, 3.63) is 181 Å². The summed E-state index contributed by atoms with van der Waals surface area (Å²) in [4.78, 5) is 10.1. The lowest BCUT2D eigenvalue weighted by molar-refractivity contribution is 1.15. The predicted molar refractivity (Wildman–Crippen MR) is 212 cm³/mol. The van der Waals surface area contributed by atoms with Crippen molar-refractivity contribution in [2.75, 3.05) is 0 Å². The molecule has 10 aromatic rings. The molecule has 0 atom stereocenters. The van der Waals surface area contributed by atoms with E-state index in [9.17, 15) is 5.26 Å². The van der Waals surface area contributed by atoms with Crippen LogP contribution in [0.4, 0.5) is 0 Å². The summed E-state index contributed by atoms with van der Waals surface area (Å²) < 4.78 is 4.77. The highest BCUT2D eigenvalue weighted by molar-refractivity contribution is 6.24. The van der Waals surface area contributed by atoms with Crippen LogP contribution < -0.4 is 0 Å². The topological polar surface area (TPSA) is 59.4 Å². The van der Waals surface area contributed by atoms with Crippen LogP contribution in [0.3, 0.4) is 0 Å². The molecule has 0 bridgehead atoms. The summed E-state index contributed by atoms with van der Waals surface area (Å²) in [5, 5.41) is 15.3. The number of fused-ring (bicyclic) bond motifs is 7. The molecule has 0 aliphatic heterocycles. The maximum atomic E-state index is 10.7. The summed E-state index contributed by atoms with van der Waals surface area (Å²) in [7, 11) is 0. The average molecular weight is 664 g/mol. The molecule has 0 spiro atoms. The zero-order valence-electron chi connectivity index (χ0n) is 28.0. The fourth-order valence-electron chi connectivity index (χ4n) is 7.69. The third kappa shape index (κ3) is 4.56. The number of hydrogen-bond acceptors (Lipinski definition) is 3. The fourth-order valence-corrected chi connectivity index (χ4v) is 7.69. The van der Waals surface area contributed by atoms with Crippen LogP contribution in [0.15, 0.2) is 176 Å². The van der Waals surface area contributed by atoms with Gasteiger partial charge in [0, 0.05) is 49.6 Å². The second-order valence-corrected chi connectivity index (χ2v) is 12.9. The van der Waals surface area contributed by atoms with Crippen molar-refractivity contribution in [1.82, 2.24) is 19.1 Å². The van der Waals surface area contributed by atoms with Crippen molar-refractivity contribution < 1.29 is 0 Å². The lowest BCUT2D eigenvalue weighted by Crippen LogP contribution is -2.01. The minimum Gasteiger partial charge on any atom is -0.307 e. The molecule has 0 aliphatic carbocycles. The summed E-state index contributed by atoms with van der Waals surface area (Å²) in [5.41, 5.74) is 11.0. The third-order valence-electron chi connectivity index (χ3n) is 9.96. The maximum Gasteiger partial charge on any atom is 0.160 e. The van der Waals surface area contributed by atoms with Crippen molar-refractivity contribution in [3.63, 3.8) is 0 Å². The van der Waals surface area contributed by atoms with Crippen LogP contribution in [0.5, 0.6) is 0 Å². The van der Waals surface area contributed by atoms with Gasteiger partial charge in [-0.3, -0.25) is 0 Å². The molecule has 5 nitrogen and oxygen atoms in total. The van der Waals surface area contributed by atoms with Crippen LogP contribution in [0.2, 0.25) is 0 Å². The van der Waals surface area contributed by atoms with Gasteiger partial charge in [-0.15, -0.1) is 0 Å². The van der Waals surface area contributed by atoms with Crippen molar-refractivity contribution in [1.29, 1.82) is 5.26 Å². The van der Waals surface area contributed by atoms with E-state index in [1.165, 1.54) is 10.8 Å². The van der Waals surface area contributed by atoms with Crippen LogP contribution in [-0.2, 0) is 0 Å². The van der Waals surface area contributed by atoms with E-state index in [4.69, 9.17) is 9.97 Å².